The predicted molar refractivity (Wildman–Crippen MR) is 67.8 cm³/mol. The van der Waals surface area contributed by atoms with Gasteiger partial charge in [0, 0.05) is 13.1 Å². The molecule has 0 amide bonds. The molecule has 1 saturated heterocycles. The first-order valence-electron chi connectivity index (χ1n) is 6.19. The van der Waals surface area contributed by atoms with Gasteiger partial charge in [-0.05, 0) is 44.4 Å². The Kier molecular flexibility index (Phi) is 3.53. The van der Waals surface area contributed by atoms with Gasteiger partial charge in [0.05, 0.1) is 22.9 Å². The average Bonchev–Trinajstić information content (AvgIpc) is 2.50. The van der Waals surface area contributed by atoms with Gasteiger partial charge in [-0.15, -0.1) is 0 Å². The van der Waals surface area contributed by atoms with Crippen LogP contribution in [0.5, 0.6) is 0 Å². The molecule has 1 atom stereocenters. The molecule has 0 bridgehead atoms. The third-order valence-electron chi connectivity index (χ3n) is 3.48. The Labute approximate surface area is 106 Å². The molecule has 2 rings (SSSR count). The molecule has 0 spiro atoms. The molecule has 1 aromatic carbocycles. The summed E-state index contributed by atoms with van der Waals surface area (Å²) in [5.41, 5.74) is 0.197. The minimum Gasteiger partial charge on any atom is -0.390 e. The first kappa shape index (κ1) is 12.8. The maximum atomic E-state index is 13.9. The Hall–Kier alpha value is -1.60. The molecular weight excluding hydrogens is 231 g/mol. The van der Waals surface area contributed by atoms with Crippen molar-refractivity contribution in [2.75, 3.05) is 18.0 Å². The number of hydrogen-bond acceptors (Lipinski definition) is 3. The molecular formula is C14H17FN2O. The van der Waals surface area contributed by atoms with Crippen molar-refractivity contribution in [3.05, 3.63) is 29.6 Å². The van der Waals surface area contributed by atoms with E-state index in [1.807, 2.05) is 17.9 Å². The van der Waals surface area contributed by atoms with Crippen LogP contribution in [-0.2, 0) is 0 Å². The molecule has 0 radical (unpaired) electrons. The highest BCUT2D eigenvalue weighted by Crippen LogP contribution is 2.27. The molecule has 1 heterocycles. The van der Waals surface area contributed by atoms with Crippen molar-refractivity contribution in [3.8, 4) is 6.07 Å². The highest BCUT2D eigenvalue weighted by atomic mass is 19.1. The second kappa shape index (κ2) is 4.95. The summed E-state index contributed by atoms with van der Waals surface area (Å²) in [7, 11) is 0. The zero-order valence-electron chi connectivity index (χ0n) is 10.5. The number of anilines is 1. The van der Waals surface area contributed by atoms with Crippen molar-refractivity contribution in [2.24, 2.45) is 0 Å². The summed E-state index contributed by atoms with van der Waals surface area (Å²) in [6, 6.07) is 6.46. The molecule has 1 aromatic rings. The van der Waals surface area contributed by atoms with Crippen LogP contribution in [0.1, 0.15) is 31.7 Å². The van der Waals surface area contributed by atoms with Crippen molar-refractivity contribution < 1.29 is 9.50 Å². The number of benzene rings is 1. The Morgan fingerprint density at radius 3 is 2.83 bits per heavy atom. The zero-order valence-corrected chi connectivity index (χ0v) is 10.5. The summed E-state index contributed by atoms with van der Waals surface area (Å²) >= 11 is 0. The normalized spacial score (nSPS) is 24.4. The van der Waals surface area contributed by atoms with Gasteiger partial charge < -0.3 is 10.0 Å². The Bertz CT molecular complexity index is 479. The van der Waals surface area contributed by atoms with E-state index in [2.05, 4.69) is 0 Å². The van der Waals surface area contributed by atoms with Gasteiger partial charge >= 0.3 is 0 Å². The summed E-state index contributed by atoms with van der Waals surface area (Å²) in [5.74, 6) is -0.365. The molecule has 1 aliphatic rings. The maximum Gasteiger partial charge on any atom is 0.147 e. The molecule has 3 nitrogen and oxygen atoms in total. The summed E-state index contributed by atoms with van der Waals surface area (Å²) in [5, 5.41) is 18.7. The summed E-state index contributed by atoms with van der Waals surface area (Å²) in [6.45, 7) is 3.19. The fourth-order valence-electron chi connectivity index (χ4n) is 2.34. The number of rotatable bonds is 1. The number of aliphatic hydroxyl groups is 1. The van der Waals surface area contributed by atoms with Crippen LogP contribution >= 0.6 is 0 Å². The van der Waals surface area contributed by atoms with Gasteiger partial charge in [0.2, 0.25) is 0 Å². The first-order chi connectivity index (χ1) is 8.52. The van der Waals surface area contributed by atoms with Crippen molar-refractivity contribution in [1.82, 2.24) is 0 Å². The lowest BCUT2D eigenvalue weighted by Gasteiger charge is -2.24. The lowest BCUT2D eigenvalue weighted by molar-refractivity contribution is 0.0481. The van der Waals surface area contributed by atoms with E-state index in [-0.39, 0.29) is 5.82 Å². The maximum absolute atomic E-state index is 13.9. The second-order valence-electron chi connectivity index (χ2n) is 5.12. The van der Waals surface area contributed by atoms with Crippen molar-refractivity contribution >= 4 is 5.69 Å². The second-order valence-corrected chi connectivity index (χ2v) is 5.12. The smallest absolute Gasteiger partial charge is 0.147 e. The average molecular weight is 248 g/mol. The molecule has 4 heteroatoms. The van der Waals surface area contributed by atoms with E-state index < -0.39 is 5.60 Å². The first-order valence-corrected chi connectivity index (χ1v) is 6.19. The number of nitrogens with zero attached hydrogens (tertiary/aromatic N) is 2. The van der Waals surface area contributed by atoms with Crippen LogP contribution in [0.3, 0.4) is 0 Å². The summed E-state index contributed by atoms with van der Waals surface area (Å²) in [6.07, 6.45) is 2.21. The van der Waals surface area contributed by atoms with Crippen LogP contribution in [0, 0.1) is 17.1 Å². The SMILES string of the molecule is CC1(O)CCCN(c2ccc(C#N)cc2F)CC1. The molecule has 0 aliphatic carbocycles. The predicted octanol–water partition coefficient (Wildman–Crippen LogP) is 2.44. The topological polar surface area (TPSA) is 47.3 Å². The summed E-state index contributed by atoms with van der Waals surface area (Å²) in [4.78, 5) is 1.94. The quantitative estimate of drug-likeness (QED) is 0.830. The molecule has 1 N–H and O–H groups in total. The van der Waals surface area contributed by atoms with E-state index >= 15 is 0 Å². The van der Waals surface area contributed by atoms with Crippen LogP contribution in [0.15, 0.2) is 18.2 Å². The standard InChI is InChI=1S/C14H17FN2O/c1-14(18)5-2-7-17(8-6-14)13-4-3-11(10-16)9-12(13)15/h3-4,9,18H,2,5-8H2,1H3. The van der Waals surface area contributed by atoms with Crippen LogP contribution in [-0.4, -0.2) is 23.8 Å². The molecule has 96 valence electrons. The molecule has 18 heavy (non-hydrogen) atoms. The van der Waals surface area contributed by atoms with E-state index in [4.69, 9.17) is 5.26 Å². The number of nitriles is 1. The Balaban J connectivity index is 2.19. The van der Waals surface area contributed by atoms with Crippen LogP contribution in [0.25, 0.3) is 0 Å². The molecule has 0 aromatic heterocycles. The minimum atomic E-state index is -0.655. The van der Waals surface area contributed by atoms with Gasteiger partial charge in [0.1, 0.15) is 5.82 Å². The van der Waals surface area contributed by atoms with Crippen molar-refractivity contribution in [2.45, 2.75) is 31.8 Å². The third-order valence-corrected chi connectivity index (χ3v) is 3.48. The van der Waals surface area contributed by atoms with Crippen LogP contribution < -0.4 is 4.90 Å². The largest absolute Gasteiger partial charge is 0.390 e. The van der Waals surface area contributed by atoms with E-state index in [1.165, 1.54) is 6.07 Å². The molecule has 0 saturated carbocycles. The van der Waals surface area contributed by atoms with Crippen LogP contribution in [0.2, 0.25) is 0 Å². The van der Waals surface area contributed by atoms with E-state index in [0.29, 0.717) is 24.2 Å². The Morgan fingerprint density at radius 1 is 1.39 bits per heavy atom. The lowest BCUT2D eigenvalue weighted by atomic mass is 9.98. The minimum absolute atomic E-state index is 0.332. The van der Waals surface area contributed by atoms with Gasteiger partial charge in [-0.25, -0.2) is 4.39 Å². The van der Waals surface area contributed by atoms with E-state index in [0.717, 1.165) is 19.4 Å². The molecule has 1 aliphatic heterocycles. The van der Waals surface area contributed by atoms with E-state index in [9.17, 15) is 9.50 Å². The van der Waals surface area contributed by atoms with Gasteiger partial charge in [-0.3, -0.25) is 0 Å². The zero-order chi connectivity index (χ0) is 13.2. The highest BCUT2D eigenvalue weighted by molar-refractivity contribution is 5.51. The van der Waals surface area contributed by atoms with Gasteiger partial charge in [-0.2, -0.15) is 5.26 Å². The van der Waals surface area contributed by atoms with Crippen molar-refractivity contribution in [3.63, 3.8) is 0 Å². The van der Waals surface area contributed by atoms with Gasteiger partial charge in [-0.1, -0.05) is 0 Å². The van der Waals surface area contributed by atoms with E-state index in [1.54, 1.807) is 12.1 Å². The molecule has 1 unspecified atom stereocenters. The third kappa shape index (κ3) is 2.80. The number of hydrogen-bond donors (Lipinski definition) is 1. The van der Waals surface area contributed by atoms with Gasteiger partial charge in [0.25, 0.3) is 0 Å². The summed E-state index contributed by atoms with van der Waals surface area (Å²) < 4.78 is 13.9. The van der Waals surface area contributed by atoms with Crippen LogP contribution in [0.4, 0.5) is 10.1 Å². The van der Waals surface area contributed by atoms with Gasteiger partial charge in [0.15, 0.2) is 0 Å². The fraction of sp³-hybridized carbons (Fsp3) is 0.500. The lowest BCUT2D eigenvalue weighted by Crippen LogP contribution is -2.28. The monoisotopic (exact) mass is 248 g/mol. The fourth-order valence-corrected chi connectivity index (χ4v) is 2.34. The molecule has 1 fully saturated rings. The number of halogens is 1. The van der Waals surface area contributed by atoms with Crippen molar-refractivity contribution in [1.29, 1.82) is 5.26 Å². The highest BCUT2D eigenvalue weighted by Gasteiger charge is 2.25. The Morgan fingerprint density at radius 2 is 2.17 bits per heavy atom.